The number of nitrogens with one attached hydrogen (secondary N) is 2. The van der Waals surface area contributed by atoms with Gasteiger partial charge < -0.3 is 10.3 Å². The molecule has 0 bridgehead atoms. The van der Waals surface area contributed by atoms with Crippen molar-refractivity contribution in [2.24, 2.45) is 5.92 Å². The number of para-hydroxylation sites is 1. The Hall–Kier alpha value is -2.59. The molecule has 0 saturated carbocycles. The van der Waals surface area contributed by atoms with Crippen molar-refractivity contribution in [1.29, 1.82) is 0 Å². The number of piperidine rings is 1. The van der Waals surface area contributed by atoms with Gasteiger partial charge in [0.2, 0.25) is 0 Å². The van der Waals surface area contributed by atoms with Crippen LogP contribution in [0.4, 0.5) is 0 Å². The van der Waals surface area contributed by atoms with E-state index in [9.17, 15) is 4.79 Å². The topological polar surface area (TPSA) is 48.1 Å². The number of carbonyl (C=O) groups excluding carboxylic acids is 1. The highest BCUT2D eigenvalue weighted by molar-refractivity contribution is 5.97. The van der Waals surface area contributed by atoms with Crippen LogP contribution < -0.4 is 5.32 Å². The first kappa shape index (κ1) is 17.8. The van der Waals surface area contributed by atoms with E-state index in [1.807, 2.05) is 30.3 Å². The fourth-order valence-electron chi connectivity index (χ4n) is 3.96. The van der Waals surface area contributed by atoms with Crippen LogP contribution in [-0.4, -0.2) is 35.4 Å². The van der Waals surface area contributed by atoms with Crippen LogP contribution in [0.3, 0.4) is 0 Å². The van der Waals surface area contributed by atoms with Crippen LogP contribution in [0.5, 0.6) is 0 Å². The number of fused-ring (bicyclic) bond motifs is 1. The second kappa shape index (κ2) is 8.40. The molecule has 2 N–H and O–H groups in total. The lowest BCUT2D eigenvalue weighted by Crippen LogP contribution is -2.34. The Bertz CT molecular complexity index is 846. The van der Waals surface area contributed by atoms with E-state index in [2.05, 4.69) is 45.5 Å². The zero-order valence-electron chi connectivity index (χ0n) is 15.7. The van der Waals surface area contributed by atoms with E-state index in [1.165, 1.54) is 18.4 Å². The molecule has 0 atom stereocenters. The number of rotatable bonds is 6. The quantitative estimate of drug-likeness (QED) is 0.691. The molecule has 3 aromatic rings. The van der Waals surface area contributed by atoms with Crippen LogP contribution in [0.15, 0.2) is 60.7 Å². The van der Waals surface area contributed by atoms with Crippen molar-refractivity contribution in [3.8, 4) is 0 Å². The summed E-state index contributed by atoms with van der Waals surface area (Å²) >= 11 is 0. The number of aromatic nitrogens is 1. The number of benzene rings is 2. The molecule has 1 aromatic heterocycles. The Kier molecular flexibility index (Phi) is 5.54. The number of H-pyrrole nitrogens is 1. The zero-order chi connectivity index (χ0) is 18.5. The maximum Gasteiger partial charge on any atom is 0.267 e. The van der Waals surface area contributed by atoms with Gasteiger partial charge in [0, 0.05) is 24.0 Å². The first-order chi connectivity index (χ1) is 13.3. The van der Waals surface area contributed by atoms with Crippen molar-refractivity contribution in [3.05, 3.63) is 71.9 Å². The SMILES string of the molecule is O=C(NCCC1CCN(Cc2ccccc2)CC1)c1cc2ccccc2[nH]1. The van der Waals surface area contributed by atoms with Crippen LogP contribution in [0, 0.1) is 5.92 Å². The summed E-state index contributed by atoms with van der Waals surface area (Å²) < 4.78 is 0. The fraction of sp³-hybridized carbons (Fsp3) is 0.348. The molecule has 2 heterocycles. The van der Waals surface area contributed by atoms with Gasteiger partial charge in [-0.15, -0.1) is 0 Å². The maximum absolute atomic E-state index is 12.4. The van der Waals surface area contributed by atoms with Gasteiger partial charge in [0.15, 0.2) is 0 Å². The van der Waals surface area contributed by atoms with Crippen molar-refractivity contribution >= 4 is 16.8 Å². The normalized spacial score (nSPS) is 15.9. The maximum atomic E-state index is 12.4. The standard InChI is InChI=1S/C23H27N3O/c27-23(22-16-20-8-4-5-9-21(20)25-22)24-13-10-18-11-14-26(15-12-18)17-19-6-2-1-3-7-19/h1-9,16,18,25H,10-15,17H2,(H,24,27). The van der Waals surface area contributed by atoms with Crippen molar-refractivity contribution in [2.45, 2.75) is 25.8 Å². The van der Waals surface area contributed by atoms with E-state index < -0.39 is 0 Å². The third-order valence-corrected chi connectivity index (χ3v) is 5.57. The van der Waals surface area contributed by atoms with Gasteiger partial charge in [-0.25, -0.2) is 0 Å². The molecule has 1 amide bonds. The molecule has 4 nitrogen and oxygen atoms in total. The molecule has 4 rings (SSSR count). The highest BCUT2D eigenvalue weighted by Gasteiger charge is 2.19. The van der Waals surface area contributed by atoms with Crippen molar-refractivity contribution in [2.75, 3.05) is 19.6 Å². The van der Waals surface area contributed by atoms with Crippen LogP contribution in [0.1, 0.15) is 35.3 Å². The molecule has 0 unspecified atom stereocenters. The molecule has 1 fully saturated rings. The number of carbonyl (C=O) groups is 1. The Morgan fingerprint density at radius 3 is 2.56 bits per heavy atom. The second-order valence-electron chi connectivity index (χ2n) is 7.52. The lowest BCUT2D eigenvalue weighted by atomic mass is 9.93. The molecule has 0 radical (unpaired) electrons. The highest BCUT2D eigenvalue weighted by Crippen LogP contribution is 2.21. The van der Waals surface area contributed by atoms with E-state index in [1.54, 1.807) is 0 Å². The summed E-state index contributed by atoms with van der Waals surface area (Å²) in [6.07, 6.45) is 3.50. The first-order valence-corrected chi connectivity index (χ1v) is 9.90. The summed E-state index contributed by atoms with van der Waals surface area (Å²) in [6.45, 7) is 4.09. The van der Waals surface area contributed by atoms with Gasteiger partial charge in [-0.3, -0.25) is 9.69 Å². The number of hydrogen-bond acceptors (Lipinski definition) is 2. The van der Waals surface area contributed by atoms with Crippen molar-refractivity contribution < 1.29 is 4.79 Å². The summed E-state index contributed by atoms with van der Waals surface area (Å²) in [5.41, 5.74) is 3.05. The van der Waals surface area contributed by atoms with Crippen LogP contribution in [0.25, 0.3) is 10.9 Å². The summed E-state index contributed by atoms with van der Waals surface area (Å²) in [5.74, 6) is 0.702. The summed E-state index contributed by atoms with van der Waals surface area (Å²) in [7, 11) is 0. The molecule has 0 spiro atoms. The van der Waals surface area contributed by atoms with Gasteiger partial charge >= 0.3 is 0 Å². The van der Waals surface area contributed by atoms with Crippen molar-refractivity contribution in [3.63, 3.8) is 0 Å². The smallest absolute Gasteiger partial charge is 0.267 e. The number of amides is 1. The monoisotopic (exact) mass is 361 g/mol. The minimum atomic E-state index is -0.00675. The third-order valence-electron chi connectivity index (χ3n) is 5.57. The number of likely N-dealkylation sites (tertiary alicyclic amines) is 1. The molecular weight excluding hydrogens is 334 g/mol. The van der Waals surface area contributed by atoms with Gasteiger partial charge in [0.25, 0.3) is 5.91 Å². The van der Waals surface area contributed by atoms with Gasteiger partial charge in [0.05, 0.1) is 0 Å². The Morgan fingerprint density at radius 2 is 1.78 bits per heavy atom. The van der Waals surface area contributed by atoms with Gasteiger partial charge in [-0.2, -0.15) is 0 Å². The van der Waals surface area contributed by atoms with Crippen LogP contribution in [0.2, 0.25) is 0 Å². The molecule has 1 aliphatic rings. The minimum absolute atomic E-state index is 0.00675. The molecule has 1 saturated heterocycles. The van der Waals surface area contributed by atoms with E-state index in [-0.39, 0.29) is 5.91 Å². The molecule has 140 valence electrons. The average Bonchev–Trinajstić information content (AvgIpc) is 3.14. The highest BCUT2D eigenvalue weighted by atomic mass is 16.1. The molecule has 27 heavy (non-hydrogen) atoms. The van der Waals surface area contributed by atoms with E-state index >= 15 is 0 Å². The first-order valence-electron chi connectivity index (χ1n) is 9.90. The van der Waals surface area contributed by atoms with Crippen molar-refractivity contribution in [1.82, 2.24) is 15.2 Å². The number of aromatic amines is 1. The average molecular weight is 361 g/mol. The Balaban J connectivity index is 1.19. The van der Waals surface area contributed by atoms with E-state index in [0.29, 0.717) is 11.6 Å². The largest absolute Gasteiger partial charge is 0.351 e. The molecule has 1 aliphatic heterocycles. The van der Waals surface area contributed by atoms with Gasteiger partial charge in [0.1, 0.15) is 5.69 Å². The van der Waals surface area contributed by atoms with Crippen LogP contribution in [-0.2, 0) is 6.54 Å². The van der Waals surface area contributed by atoms with Gasteiger partial charge in [-0.1, -0.05) is 48.5 Å². The van der Waals surface area contributed by atoms with E-state index in [4.69, 9.17) is 0 Å². The molecule has 4 heteroatoms. The molecule has 2 aromatic carbocycles. The lowest BCUT2D eigenvalue weighted by molar-refractivity contribution is 0.0943. The lowest BCUT2D eigenvalue weighted by Gasteiger charge is -2.32. The summed E-state index contributed by atoms with van der Waals surface area (Å²) in [6, 6.07) is 20.6. The van der Waals surface area contributed by atoms with Gasteiger partial charge in [-0.05, 0) is 56.0 Å². The zero-order valence-corrected chi connectivity index (χ0v) is 15.7. The molecule has 0 aliphatic carbocycles. The molecular formula is C23H27N3O. The predicted molar refractivity (Wildman–Crippen MR) is 110 cm³/mol. The predicted octanol–water partition coefficient (Wildman–Crippen LogP) is 4.20. The van der Waals surface area contributed by atoms with E-state index in [0.717, 1.165) is 43.5 Å². The Morgan fingerprint density at radius 1 is 1.04 bits per heavy atom. The third kappa shape index (κ3) is 4.58. The number of hydrogen-bond donors (Lipinski definition) is 2. The number of nitrogens with zero attached hydrogens (tertiary/aromatic N) is 1. The minimum Gasteiger partial charge on any atom is -0.351 e. The second-order valence-corrected chi connectivity index (χ2v) is 7.52. The fourth-order valence-corrected chi connectivity index (χ4v) is 3.96. The summed E-state index contributed by atoms with van der Waals surface area (Å²) in [4.78, 5) is 18.1. The summed E-state index contributed by atoms with van der Waals surface area (Å²) in [5, 5.41) is 4.15. The van der Waals surface area contributed by atoms with Crippen LogP contribution >= 0.6 is 0 Å². The Labute approximate surface area is 160 Å².